The number of hydrogen-bond acceptors (Lipinski definition) is 3. The van der Waals surface area contributed by atoms with E-state index in [9.17, 15) is 0 Å². The van der Waals surface area contributed by atoms with Crippen LogP contribution in [0.2, 0.25) is 0 Å². The van der Waals surface area contributed by atoms with E-state index in [1.807, 2.05) is 39.8 Å². The van der Waals surface area contributed by atoms with Crippen LogP contribution in [0.4, 0.5) is 0 Å². The van der Waals surface area contributed by atoms with Gasteiger partial charge < -0.3 is 14.1 Å². The van der Waals surface area contributed by atoms with E-state index in [0.717, 1.165) is 24.2 Å². The Labute approximate surface area is 116 Å². The van der Waals surface area contributed by atoms with Gasteiger partial charge in [0.1, 0.15) is 5.75 Å². The number of rotatable bonds is 5. The fourth-order valence-corrected chi connectivity index (χ4v) is 1.88. The molecule has 1 aromatic rings. The summed E-state index contributed by atoms with van der Waals surface area (Å²) in [5.74, 6) is 0.994. The molecular formula is C15H22BO3. The summed E-state index contributed by atoms with van der Waals surface area (Å²) in [5, 5.41) is 0. The van der Waals surface area contributed by atoms with Crippen molar-refractivity contribution in [3.63, 3.8) is 0 Å². The molecule has 0 atom stereocenters. The summed E-state index contributed by atoms with van der Waals surface area (Å²) in [6.07, 6.45) is 0.976. The van der Waals surface area contributed by atoms with E-state index in [0.29, 0.717) is 0 Å². The summed E-state index contributed by atoms with van der Waals surface area (Å²) in [6.45, 7) is 8.89. The summed E-state index contributed by atoms with van der Waals surface area (Å²) in [6, 6.07) is 6.14. The largest absolute Gasteiger partial charge is 0.493 e. The van der Waals surface area contributed by atoms with Crippen LogP contribution < -0.4 is 10.2 Å². The molecule has 4 heteroatoms. The maximum Gasteiger partial charge on any atom is 0.330 e. The molecule has 1 aliphatic heterocycles. The van der Waals surface area contributed by atoms with Gasteiger partial charge in [-0.15, -0.1) is 0 Å². The van der Waals surface area contributed by atoms with Crippen LogP contribution in [0, 0.1) is 0 Å². The van der Waals surface area contributed by atoms with E-state index in [1.54, 1.807) is 14.6 Å². The van der Waals surface area contributed by atoms with Gasteiger partial charge >= 0.3 is 7.48 Å². The Morgan fingerprint density at radius 2 is 1.89 bits per heavy atom. The first-order valence-electron chi connectivity index (χ1n) is 6.68. The molecule has 1 aliphatic rings. The van der Waals surface area contributed by atoms with Crippen LogP contribution in [0.1, 0.15) is 33.3 Å². The molecule has 0 aromatic heterocycles. The molecule has 3 nitrogen and oxygen atoms in total. The molecule has 2 rings (SSSR count). The highest BCUT2D eigenvalue weighted by Gasteiger charge is 2.37. The highest BCUT2D eigenvalue weighted by Crippen LogP contribution is 2.28. The van der Waals surface area contributed by atoms with Crippen molar-refractivity contribution in [1.82, 2.24) is 0 Å². The predicted octanol–water partition coefficient (Wildman–Crippen LogP) is 2.09. The van der Waals surface area contributed by atoms with E-state index in [-0.39, 0.29) is 5.60 Å². The molecule has 19 heavy (non-hydrogen) atoms. The average Bonchev–Trinajstić information content (AvgIpc) is 2.83. The van der Waals surface area contributed by atoms with Crippen molar-refractivity contribution < 1.29 is 14.1 Å². The molecule has 0 spiro atoms. The Bertz CT molecular complexity index is 455. The van der Waals surface area contributed by atoms with Crippen LogP contribution >= 0.6 is 0 Å². The summed E-state index contributed by atoms with van der Waals surface area (Å²) < 4.78 is 16.9. The maximum absolute atomic E-state index is 5.94. The van der Waals surface area contributed by atoms with Gasteiger partial charge in [0.25, 0.3) is 0 Å². The molecule has 103 valence electrons. The second kappa shape index (κ2) is 5.18. The highest BCUT2D eigenvalue weighted by molar-refractivity contribution is 6.47. The van der Waals surface area contributed by atoms with Gasteiger partial charge in [0.05, 0.1) is 17.8 Å². The quantitative estimate of drug-likeness (QED) is 0.759. The summed E-state index contributed by atoms with van der Waals surface area (Å²) >= 11 is 0. The molecule has 1 heterocycles. The molecule has 0 aliphatic carbocycles. The van der Waals surface area contributed by atoms with Gasteiger partial charge in [0.2, 0.25) is 0 Å². The predicted molar refractivity (Wildman–Crippen MR) is 77.3 cm³/mol. The van der Waals surface area contributed by atoms with Gasteiger partial charge in [-0.1, -0.05) is 17.6 Å². The maximum atomic E-state index is 5.94. The third-order valence-corrected chi connectivity index (χ3v) is 4.16. The zero-order chi connectivity index (χ0) is 14.1. The van der Waals surface area contributed by atoms with Crippen molar-refractivity contribution in [2.75, 3.05) is 13.7 Å². The lowest BCUT2D eigenvalue weighted by molar-refractivity contribution is -0.114. The molecule has 0 unspecified atom stereocenters. The molecule has 0 bridgehead atoms. The lowest BCUT2D eigenvalue weighted by atomic mass is 9.82. The average molecular weight is 261 g/mol. The first kappa shape index (κ1) is 14.4. The molecule has 1 radical (unpaired) electrons. The van der Waals surface area contributed by atoms with Crippen LogP contribution in [-0.2, 0) is 15.8 Å². The van der Waals surface area contributed by atoms with Gasteiger partial charge in [-0.25, -0.2) is 0 Å². The molecule has 0 N–H and O–H groups in total. The van der Waals surface area contributed by atoms with Crippen molar-refractivity contribution in [2.45, 2.75) is 45.3 Å². The Balaban J connectivity index is 2.03. The van der Waals surface area contributed by atoms with Gasteiger partial charge in [0.15, 0.2) is 0 Å². The van der Waals surface area contributed by atoms with E-state index in [4.69, 9.17) is 14.1 Å². The lowest BCUT2D eigenvalue weighted by Crippen LogP contribution is -2.50. The fraction of sp³-hybridized carbons (Fsp3) is 0.600. The van der Waals surface area contributed by atoms with Crippen molar-refractivity contribution >= 4 is 12.9 Å². The number of hydrogen-bond donors (Lipinski definition) is 0. The summed E-state index contributed by atoms with van der Waals surface area (Å²) in [7, 11) is 3.51. The smallest absolute Gasteiger partial charge is 0.330 e. The first-order chi connectivity index (χ1) is 8.86. The Hall–Kier alpha value is -0.995. The minimum Gasteiger partial charge on any atom is -0.493 e. The van der Waals surface area contributed by atoms with E-state index < -0.39 is 5.60 Å². The van der Waals surface area contributed by atoms with Crippen molar-refractivity contribution in [3.05, 3.63) is 23.8 Å². The van der Waals surface area contributed by atoms with Crippen molar-refractivity contribution in [2.24, 2.45) is 0 Å². The van der Waals surface area contributed by atoms with Gasteiger partial charge in [-0.2, -0.15) is 0 Å². The standard InChI is InChI=1S/C15H22BO3/c1-14(2,17-5)15(3,4)19-16-12-6-7-13-11(10-12)8-9-18-13/h6-7,10H,8-9H2,1-5H3. The molecule has 0 fully saturated rings. The van der Waals surface area contributed by atoms with Gasteiger partial charge in [-0.05, 0) is 39.3 Å². The van der Waals surface area contributed by atoms with Crippen LogP contribution in [0.25, 0.3) is 0 Å². The van der Waals surface area contributed by atoms with Crippen LogP contribution in [0.3, 0.4) is 0 Å². The number of fused-ring (bicyclic) bond motifs is 1. The molecule has 1 aromatic carbocycles. The third-order valence-electron chi connectivity index (χ3n) is 4.16. The van der Waals surface area contributed by atoms with Crippen molar-refractivity contribution in [3.8, 4) is 5.75 Å². The topological polar surface area (TPSA) is 27.7 Å². The van der Waals surface area contributed by atoms with Crippen LogP contribution in [-0.4, -0.2) is 32.4 Å². The van der Waals surface area contributed by atoms with Crippen LogP contribution in [0.15, 0.2) is 18.2 Å². The van der Waals surface area contributed by atoms with E-state index in [1.165, 1.54) is 5.56 Å². The Morgan fingerprint density at radius 3 is 2.58 bits per heavy atom. The number of methoxy groups -OCH3 is 1. The summed E-state index contributed by atoms with van der Waals surface area (Å²) in [4.78, 5) is 0. The van der Waals surface area contributed by atoms with Gasteiger partial charge in [-0.3, -0.25) is 0 Å². The molecule has 0 saturated heterocycles. The third kappa shape index (κ3) is 2.95. The fourth-order valence-electron chi connectivity index (χ4n) is 1.88. The first-order valence-corrected chi connectivity index (χ1v) is 6.68. The minimum atomic E-state index is -0.405. The Kier molecular flexibility index (Phi) is 3.93. The minimum absolute atomic E-state index is 0.358. The number of ether oxygens (including phenoxy) is 2. The van der Waals surface area contributed by atoms with E-state index in [2.05, 4.69) is 6.07 Å². The summed E-state index contributed by atoms with van der Waals surface area (Å²) in [5.41, 5.74) is 1.55. The SMILES string of the molecule is COC(C)(C)C(C)(C)O[B]c1ccc2c(c1)CCO2. The van der Waals surface area contributed by atoms with Gasteiger partial charge in [0, 0.05) is 13.5 Å². The second-order valence-electron chi connectivity index (χ2n) is 5.93. The van der Waals surface area contributed by atoms with E-state index >= 15 is 0 Å². The Morgan fingerprint density at radius 1 is 1.16 bits per heavy atom. The monoisotopic (exact) mass is 261 g/mol. The zero-order valence-electron chi connectivity index (χ0n) is 12.4. The highest BCUT2D eigenvalue weighted by atomic mass is 16.5. The number of benzene rings is 1. The molecule has 0 saturated carbocycles. The second-order valence-corrected chi connectivity index (χ2v) is 5.93. The van der Waals surface area contributed by atoms with Crippen LogP contribution in [0.5, 0.6) is 5.75 Å². The molecular weight excluding hydrogens is 239 g/mol. The normalized spacial score (nSPS) is 15.0. The zero-order valence-corrected chi connectivity index (χ0v) is 12.4. The lowest BCUT2D eigenvalue weighted by Gasteiger charge is -2.40. The van der Waals surface area contributed by atoms with Crippen molar-refractivity contribution in [1.29, 1.82) is 0 Å². The molecule has 0 amide bonds.